The normalized spacial score (nSPS) is 16.6. The highest BCUT2D eigenvalue weighted by atomic mass is 127. The number of alkyl halides is 1. The van der Waals surface area contributed by atoms with E-state index in [1.165, 1.54) is 51.5 Å². The number of unbranched alkanes of at least 4 members (excludes halogenated alkanes) is 6. The zero-order valence-electron chi connectivity index (χ0n) is 13.1. The molecule has 118 valence electrons. The molecule has 0 aliphatic carbocycles. The van der Waals surface area contributed by atoms with Gasteiger partial charge in [0, 0.05) is 37.0 Å². The van der Waals surface area contributed by atoms with Crippen LogP contribution in [0.5, 0.6) is 0 Å². The minimum Gasteiger partial charge on any atom is -0.340 e. The monoisotopic (exact) mass is 394 g/mol. The zero-order valence-corrected chi connectivity index (χ0v) is 15.2. The number of nitrogens with zero attached hydrogens (tertiary/aromatic N) is 2. The molecule has 1 rings (SSSR count). The number of hydrogen-bond acceptors (Lipinski definition) is 2. The Morgan fingerprint density at radius 2 is 1.55 bits per heavy atom. The summed E-state index contributed by atoms with van der Waals surface area (Å²) >= 11 is 2.28. The van der Waals surface area contributed by atoms with Crippen LogP contribution in [-0.4, -0.2) is 52.9 Å². The summed E-state index contributed by atoms with van der Waals surface area (Å²) in [7, 11) is 0. The van der Waals surface area contributed by atoms with Gasteiger partial charge in [0.15, 0.2) is 0 Å². The minimum atomic E-state index is 0.343. The van der Waals surface area contributed by atoms with Crippen molar-refractivity contribution in [3.8, 4) is 0 Å². The Kier molecular flexibility index (Phi) is 10.7. The molecule has 0 atom stereocenters. The summed E-state index contributed by atoms with van der Waals surface area (Å²) in [5.41, 5.74) is 0. The minimum absolute atomic E-state index is 0.343. The molecule has 3 nitrogen and oxygen atoms in total. The van der Waals surface area contributed by atoms with Crippen LogP contribution in [-0.2, 0) is 4.79 Å². The number of rotatable bonds is 10. The Labute approximate surface area is 138 Å². The molecule has 1 aliphatic heterocycles. The van der Waals surface area contributed by atoms with E-state index in [9.17, 15) is 4.79 Å². The highest BCUT2D eigenvalue weighted by molar-refractivity contribution is 14.1. The van der Waals surface area contributed by atoms with Gasteiger partial charge in [-0.15, -0.1) is 0 Å². The van der Waals surface area contributed by atoms with E-state index in [-0.39, 0.29) is 0 Å². The van der Waals surface area contributed by atoms with Crippen LogP contribution in [0.2, 0.25) is 0 Å². The van der Waals surface area contributed by atoms with Crippen LogP contribution in [0.15, 0.2) is 0 Å². The van der Waals surface area contributed by atoms with Crippen LogP contribution in [0, 0.1) is 0 Å². The van der Waals surface area contributed by atoms with Crippen molar-refractivity contribution < 1.29 is 4.79 Å². The largest absolute Gasteiger partial charge is 0.340 e. The molecule has 0 aromatic heterocycles. The Morgan fingerprint density at radius 1 is 0.950 bits per heavy atom. The lowest BCUT2D eigenvalue weighted by Gasteiger charge is -2.34. The fourth-order valence-corrected chi connectivity index (χ4v) is 3.21. The van der Waals surface area contributed by atoms with Gasteiger partial charge in [-0.3, -0.25) is 9.69 Å². The quantitative estimate of drug-likeness (QED) is 0.321. The topological polar surface area (TPSA) is 23.6 Å². The lowest BCUT2D eigenvalue weighted by molar-refractivity contribution is -0.132. The van der Waals surface area contributed by atoms with Gasteiger partial charge in [-0.25, -0.2) is 0 Å². The molecule has 1 fully saturated rings. The van der Waals surface area contributed by atoms with Crippen molar-refractivity contribution in [2.75, 3.05) is 37.2 Å². The van der Waals surface area contributed by atoms with Crippen molar-refractivity contribution >= 4 is 28.5 Å². The van der Waals surface area contributed by atoms with Gasteiger partial charge in [0.2, 0.25) is 5.91 Å². The summed E-state index contributed by atoms with van der Waals surface area (Å²) in [6.45, 7) is 7.51. The van der Waals surface area contributed by atoms with Gasteiger partial charge in [-0.1, -0.05) is 68.0 Å². The molecule has 1 saturated heterocycles. The van der Waals surface area contributed by atoms with Crippen molar-refractivity contribution in [3.63, 3.8) is 0 Å². The first-order valence-electron chi connectivity index (χ1n) is 8.34. The van der Waals surface area contributed by atoms with Crippen LogP contribution in [0.3, 0.4) is 0 Å². The van der Waals surface area contributed by atoms with E-state index in [1.54, 1.807) is 0 Å². The molecule has 0 bridgehead atoms. The molecule has 0 radical (unpaired) electrons. The molecule has 0 N–H and O–H groups in total. The smallest absolute Gasteiger partial charge is 0.223 e. The first-order valence-corrected chi connectivity index (χ1v) is 9.86. The maximum Gasteiger partial charge on any atom is 0.223 e. The SMILES string of the molecule is CCCCCCCCCN1CCN(C(=O)CCI)CC1. The van der Waals surface area contributed by atoms with Crippen LogP contribution in [0.4, 0.5) is 0 Å². The lowest BCUT2D eigenvalue weighted by Crippen LogP contribution is -2.48. The molecular weight excluding hydrogens is 363 g/mol. The maximum atomic E-state index is 11.8. The highest BCUT2D eigenvalue weighted by Gasteiger charge is 2.19. The Bertz CT molecular complexity index is 253. The predicted molar refractivity (Wildman–Crippen MR) is 94.5 cm³/mol. The molecule has 0 aromatic rings. The zero-order chi connectivity index (χ0) is 14.6. The number of hydrogen-bond donors (Lipinski definition) is 0. The lowest BCUT2D eigenvalue weighted by atomic mass is 10.1. The maximum absolute atomic E-state index is 11.8. The highest BCUT2D eigenvalue weighted by Crippen LogP contribution is 2.09. The molecule has 4 heteroatoms. The van der Waals surface area contributed by atoms with Crippen molar-refractivity contribution in [2.24, 2.45) is 0 Å². The van der Waals surface area contributed by atoms with E-state index in [4.69, 9.17) is 0 Å². The first kappa shape index (κ1) is 18.2. The third-order valence-electron chi connectivity index (χ3n) is 4.11. The van der Waals surface area contributed by atoms with E-state index in [1.807, 2.05) is 4.90 Å². The van der Waals surface area contributed by atoms with Gasteiger partial charge in [0.1, 0.15) is 0 Å². The van der Waals surface area contributed by atoms with E-state index < -0.39 is 0 Å². The second-order valence-electron chi connectivity index (χ2n) is 5.78. The third kappa shape index (κ3) is 7.81. The number of halogens is 1. The van der Waals surface area contributed by atoms with Gasteiger partial charge in [-0.2, -0.15) is 0 Å². The molecule has 1 aliphatic rings. The third-order valence-corrected chi connectivity index (χ3v) is 4.65. The summed E-state index contributed by atoms with van der Waals surface area (Å²) < 4.78 is 0.939. The van der Waals surface area contributed by atoms with Gasteiger partial charge in [-0.05, 0) is 13.0 Å². The molecule has 20 heavy (non-hydrogen) atoms. The van der Waals surface area contributed by atoms with Crippen LogP contribution in [0.25, 0.3) is 0 Å². The van der Waals surface area contributed by atoms with E-state index >= 15 is 0 Å². The number of carbonyl (C=O) groups is 1. The fraction of sp³-hybridized carbons (Fsp3) is 0.938. The van der Waals surface area contributed by atoms with Crippen LogP contribution >= 0.6 is 22.6 Å². The Morgan fingerprint density at radius 3 is 2.15 bits per heavy atom. The van der Waals surface area contributed by atoms with Crippen molar-refractivity contribution in [3.05, 3.63) is 0 Å². The fourth-order valence-electron chi connectivity index (χ4n) is 2.75. The number of piperazine rings is 1. The summed E-state index contributed by atoms with van der Waals surface area (Å²) in [6.07, 6.45) is 10.4. The van der Waals surface area contributed by atoms with Crippen molar-refractivity contribution in [1.29, 1.82) is 0 Å². The molecular formula is C16H31IN2O. The number of carbonyl (C=O) groups excluding carboxylic acids is 1. The average molecular weight is 394 g/mol. The molecule has 1 amide bonds. The molecule has 0 saturated carbocycles. The summed E-state index contributed by atoms with van der Waals surface area (Å²) in [5, 5.41) is 0. The standard InChI is InChI=1S/C16H31IN2O/c1-2-3-4-5-6-7-8-11-18-12-14-19(15-13-18)16(20)9-10-17/h2-15H2,1H3. The molecule has 0 aromatic carbocycles. The summed E-state index contributed by atoms with van der Waals surface area (Å²) in [6, 6.07) is 0. The van der Waals surface area contributed by atoms with Crippen LogP contribution in [0.1, 0.15) is 58.3 Å². The van der Waals surface area contributed by atoms with Gasteiger partial charge in [0.05, 0.1) is 0 Å². The van der Waals surface area contributed by atoms with Crippen molar-refractivity contribution in [1.82, 2.24) is 9.80 Å². The van der Waals surface area contributed by atoms with E-state index in [2.05, 4.69) is 34.4 Å². The Balaban J connectivity index is 1.98. The summed E-state index contributed by atoms with van der Waals surface area (Å²) in [5.74, 6) is 0.343. The second kappa shape index (κ2) is 11.8. The van der Waals surface area contributed by atoms with E-state index in [0.29, 0.717) is 12.3 Å². The van der Waals surface area contributed by atoms with Gasteiger partial charge >= 0.3 is 0 Å². The molecule has 0 unspecified atom stereocenters. The van der Waals surface area contributed by atoms with Gasteiger partial charge < -0.3 is 4.90 Å². The second-order valence-corrected chi connectivity index (χ2v) is 6.86. The molecule has 0 spiro atoms. The van der Waals surface area contributed by atoms with E-state index in [0.717, 1.165) is 30.6 Å². The average Bonchev–Trinajstić information content (AvgIpc) is 2.47. The summed E-state index contributed by atoms with van der Waals surface area (Å²) in [4.78, 5) is 16.4. The number of amides is 1. The van der Waals surface area contributed by atoms with Crippen molar-refractivity contribution in [2.45, 2.75) is 58.3 Å². The first-order chi connectivity index (χ1) is 9.77. The van der Waals surface area contributed by atoms with Crippen LogP contribution < -0.4 is 0 Å². The predicted octanol–water partition coefficient (Wildman–Crippen LogP) is 3.71. The molecule has 1 heterocycles. The Hall–Kier alpha value is 0.160. The van der Waals surface area contributed by atoms with Gasteiger partial charge in [0.25, 0.3) is 0 Å².